The molecule has 0 aliphatic heterocycles. The summed E-state index contributed by atoms with van der Waals surface area (Å²) in [5.41, 5.74) is 0.665. The molecule has 0 aromatic heterocycles. The predicted octanol–water partition coefficient (Wildman–Crippen LogP) is 18.3. The van der Waals surface area contributed by atoms with E-state index in [4.69, 9.17) is 8.85 Å². The molecule has 0 saturated heterocycles. The van der Waals surface area contributed by atoms with E-state index >= 15 is 0 Å². The zero-order valence-electron chi connectivity index (χ0n) is 38.2. The summed E-state index contributed by atoms with van der Waals surface area (Å²) in [6, 6.07) is 12.6. The average molecular weight is 809 g/mol. The lowest BCUT2D eigenvalue weighted by atomic mass is 10.0. The second kappa shape index (κ2) is 32.3. The van der Waals surface area contributed by atoms with E-state index < -0.39 is 16.6 Å². The van der Waals surface area contributed by atoms with Gasteiger partial charge < -0.3 is 8.85 Å². The Morgan fingerprint density at radius 1 is 0.446 bits per heavy atom. The molecule has 0 saturated carbocycles. The van der Waals surface area contributed by atoms with Crippen molar-refractivity contribution in [1.29, 1.82) is 0 Å². The Kier molecular flexibility index (Phi) is 29.1. The van der Waals surface area contributed by atoms with E-state index in [9.17, 15) is 4.79 Å². The van der Waals surface area contributed by atoms with Crippen LogP contribution in [-0.2, 0) is 0 Å². The summed E-state index contributed by atoms with van der Waals surface area (Å²) >= 11 is 0. The molecule has 2 rings (SSSR count). The molecule has 0 atom stereocenters. The van der Waals surface area contributed by atoms with Gasteiger partial charge in [0.05, 0.1) is 5.56 Å². The molecule has 322 valence electrons. The molecular formula is C51H92O3Si2. The fourth-order valence-corrected chi connectivity index (χ4v) is 12.4. The van der Waals surface area contributed by atoms with E-state index in [0.717, 1.165) is 34.9 Å². The third kappa shape index (κ3) is 24.4. The topological polar surface area (TPSA) is 35.5 Å². The number of benzene rings is 2. The second-order valence-corrected chi connectivity index (χ2v) is 27.2. The predicted molar refractivity (Wildman–Crippen MR) is 254 cm³/mol. The summed E-state index contributed by atoms with van der Waals surface area (Å²) < 4.78 is 13.9. The van der Waals surface area contributed by atoms with Crippen LogP contribution in [0.4, 0.5) is 0 Å². The zero-order valence-corrected chi connectivity index (χ0v) is 40.2. The minimum absolute atomic E-state index is 0.665. The van der Waals surface area contributed by atoms with Crippen LogP contribution in [0.1, 0.15) is 230 Å². The van der Waals surface area contributed by atoms with E-state index in [1.807, 2.05) is 6.07 Å². The fraction of sp³-hybridized carbons (Fsp3) is 0.784. The van der Waals surface area contributed by atoms with Gasteiger partial charge in [-0.1, -0.05) is 244 Å². The van der Waals surface area contributed by atoms with Gasteiger partial charge in [0.15, 0.2) is 12.0 Å². The van der Waals surface area contributed by atoms with Crippen LogP contribution in [0.5, 0.6) is 11.5 Å². The van der Waals surface area contributed by atoms with Crippen molar-refractivity contribution in [3.05, 3.63) is 35.9 Å². The zero-order chi connectivity index (χ0) is 40.6. The number of rotatable bonds is 39. The Hall–Kier alpha value is -1.60. The van der Waals surface area contributed by atoms with Crippen LogP contribution in [-0.4, -0.2) is 22.9 Å². The van der Waals surface area contributed by atoms with E-state index in [-0.39, 0.29) is 0 Å². The van der Waals surface area contributed by atoms with E-state index in [1.54, 1.807) is 0 Å². The summed E-state index contributed by atoms with van der Waals surface area (Å²) in [5.74, 6) is 1.51. The maximum absolute atomic E-state index is 12.7. The second-order valence-electron chi connectivity index (χ2n) is 18.8. The molecule has 0 bridgehead atoms. The normalized spacial score (nSPS) is 12.1. The molecule has 5 heteroatoms. The first-order chi connectivity index (χ1) is 27.2. The van der Waals surface area contributed by atoms with Gasteiger partial charge in [-0.3, -0.25) is 4.79 Å². The molecule has 0 aliphatic rings. The van der Waals surface area contributed by atoms with E-state index in [1.165, 1.54) is 205 Å². The number of hydrogen-bond acceptors (Lipinski definition) is 3. The van der Waals surface area contributed by atoms with Gasteiger partial charge in [-0.15, -0.1) is 0 Å². The molecule has 2 aromatic carbocycles. The number of carbonyl (C=O) groups excluding carboxylic acids is 1. The summed E-state index contributed by atoms with van der Waals surface area (Å²) in [4.78, 5) is 12.7. The first-order valence-corrected chi connectivity index (χ1v) is 30.8. The molecule has 2 aromatic rings. The first-order valence-electron chi connectivity index (χ1n) is 24.6. The van der Waals surface area contributed by atoms with Crippen LogP contribution >= 0.6 is 0 Å². The van der Waals surface area contributed by atoms with Crippen molar-refractivity contribution in [1.82, 2.24) is 0 Å². The molecule has 0 N–H and O–H groups in total. The average Bonchev–Trinajstić information content (AvgIpc) is 3.17. The maximum Gasteiger partial charge on any atom is 0.245 e. The fourth-order valence-electron chi connectivity index (χ4n) is 8.50. The molecule has 0 aliphatic carbocycles. The first kappa shape index (κ1) is 50.5. The highest BCUT2D eigenvalue weighted by Gasteiger charge is 2.31. The lowest BCUT2D eigenvalue weighted by Crippen LogP contribution is -2.37. The van der Waals surface area contributed by atoms with Gasteiger partial charge >= 0.3 is 0 Å². The van der Waals surface area contributed by atoms with Gasteiger partial charge in [-0.2, -0.15) is 0 Å². The van der Waals surface area contributed by atoms with E-state index in [2.05, 4.69) is 64.3 Å². The van der Waals surface area contributed by atoms with Crippen molar-refractivity contribution in [2.75, 3.05) is 0 Å². The molecule has 0 unspecified atom stereocenters. The Morgan fingerprint density at radius 2 is 0.768 bits per heavy atom. The van der Waals surface area contributed by atoms with Crippen LogP contribution in [0.15, 0.2) is 30.3 Å². The highest BCUT2D eigenvalue weighted by atomic mass is 28.4. The molecule has 3 nitrogen and oxygen atoms in total. The number of carbonyl (C=O) groups is 1. The summed E-state index contributed by atoms with van der Waals surface area (Å²) in [6.07, 6.45) is 45.5. The number of unbranched alkanes of at least 4 members (excludes halogenated alkanes) is 30. The third-order valence-electron chi connectivity index (χ3n) is 12.2. The quantitative estimate of drug-likeness (QED) is 0.0383. The molecule has 56 heavy (non-hydrogen) atoms. The highest BCUT2D eigenvalue weighted by molar-refractivity contribution is 6.72. The van der Waals surface area contributed by atoms with Crippen LogP contribution in [0.3, 0.4) is 0 Å². The minimum Gasteiger partial charge on any atom is -0.542 e. The summed E-state index contributed by atoms with van der Waals surface area (Å²) in [7, 11) is -4.11. The van der Waals surface area contributed by atoms with Crippen molar-refractivity contribution < 1.29 is 13.6 Å². The van der Waals surface area contributed by atoms with Gasteiger partial charge in [0.25, 0.3) is 0 Å². The van der Waals surface area contributed by atoms with Crippen LogP contribution in [0.2, 0.25) is 38.3 Å². The van der Waals surface area contributed by atoms with Crippen LogP contribution < -0.4 is 8.85 Å². The Labute approximate surface area is 350 Å². The maximum atomic E-state index is 12.7. The number of aldehydes is 1. The number of fused-ring (bicyclic) bond motifs is 1. The van der Waals surface area contributed by atoms with Crippen molar-refractivity contribution in [3.8, 4) is 11.5 Å². The largest absolute Gasteiger partial charge is 0.542 e. The summed E-state index contributed by atoms with van der Waals surface area (Å²) in [5, 5.41) is 2.02. The van der Waals surface area contributed by atoms with Gasteiger partial charge in [0.1, 0.15) is 5.75 Å². The van der Waals surface area contributed by atoms with Gasteiger partial charge in [0, 0.05) is 0 Å². The standard InChI is InChI=1S/C51H92O3Si2/c1-7-9-11-13-15-17-19-21-23-25-27-29-31-33-35-39-43-55(3,4)53-50-45-47-41-37-38-42-48(47)49(46-52)51(50)54-56(5,6)44-40-36-34-32-30-28-26-24-22-20-18-16-14-12-10-8-2/h37-38,41-42,45-46H,7-36,39-40,43-44H2,1-6H3. The number of hydrogen-bond donors (Lipinski definition) is 0. The van der Waals surface area contributed by atoms with Crippen molar-refractivity contribution in [2.45, 2.75) is 258 Å². The molecule has 0 radical (unpaired) electrons. The molecular weight excluding hydrogens is 717 g/mol. The highest BCUT2D eigenvalue weighted by Crippen LogP contribution is 2.41. The molecule has 0 amide bonds. The molecule has 0 spiro atoms. The van der Waals surface area contributed by atoms with Crippen molar-refractivity contribution in [3.63, 3.8) is 0 Å². The smallest absolute Gasteiger partial charge is 0.245 e. The lowest BCUT2D eigenvalue weighted by Gasteiger charge is -2.31. The van der Waals surface area contributed by atoms with E-state index in [0.29, 0.717) is 11.3 Å². The Balaban J connectivity index is 1.72. The minimum atomic E-state index is -2.08. The molecule has 0 heterocycles. The van der Waals surface area contributed by atoms with Crippen molar-refractivity contribution >= 4 is 33.7 Å². The van der Waals surface area contributed by atoms with Crippen LogP contribution in [0.25, 0.3) is 10.8 Å². The Bertz CT molecular complexity index is 1240. The summed E-state index contributed by atoms with van der Waals surface area (Å²) in [6.45, 7) is 13.9. The SMILES string of the molecule is CCCCCCCCCCCCCCCCCC[Si](C)(C)Oc1cc2ccccc2c(C=O)c1O[Si](C)(C)CCCCCCCCCCCCCCCCCC. The monoisotopic (exact) mass is 809 g/mol. The Morgan fingerprint density at radius 3 is 1.12 bits per heavy atom. The van der Waals surface area contributed by atoms with Gasteiger partial charge in [-0.25, -0.2) is 0 Å². The lowest BCUT2D eigenvalue weighted by molar-refractivity contribution is 0.112. The van der Waals surface area contributed by atoms with Gasteiger partial charge in [-0.05, 0) is 55.1 Å². The third-order valence-corrected chi connectivity index (χ3v) is 16.8. The van der Waals surface area contributed by atoms with Crippen LogP contribution in [0, 0.1) is 0 Å². The molecule has 0 fully saturated rings. The van der Waals surface area contributed by atoms with Gasteiger partial charge in [0.2, 0.25) is 16.6 Å². The van der Waals surface area contributed by atoms with Crippen molar-refractivity contribution in [2.24, 2.45) is 0 Å².